The minimum Gasteiger partial charge on any atom is -0.424 e. The van der Waals surface area contributed by atoms with Crippen molar-refractivity contribution in [3.63, 3.8) is 0 Å². The summed E-state index contributed by atoms with van der Waals surface area (Å²) in [6.45, 7) is 5.19. The van der Waals surface area contributed by atoms with Gasteiger partial charge in [0.05, 0.1) is 6.04 Å². The van der Waals surface area contributed by atoms with Crippen LogP contribution in [0.2, 0.25) is 0 Å². The van der Waals surface area contributed by atoms with Gasteiger partial charge in [-0.05, 0) is 50.0 Å². The number of rotatable bonds is 6. The molecule has 106 valence electrons. The van der Waals surface area contributed by atoms with Gasteiger partial charge in [0.1, 0.15) is 0 Å². The van der Waals surface area contributed by atoms with Crippen molar-refractivity contribution >= 4 is 0 Å². The lowest BCUT2D eigenvalue weighted by atomic mass is 9.86. The van der Waals surface area contributed by atoms with Gasteiger partial charge in [0, 0.05) is 6.42 Å². The van der Waals surface area contributed by atoms with E-state index in [1.54, 1.807) is 0 Å². The SMILES string of the molecule is CCNC(CC)c1nnc(CC2CC3CCC2C3)o1. The summed E-state index contributed by atoms with van der Waals surface area (Å²) in [6.07, 6.45) is 7.69. The van der Waals surface area contributed by atoms with E-state index in [4.69, 9.17) is 4.42 Å². The van der Waals surface area contributed by atoms with Gasteiger partial charge in [-0.15, -0.1) is 10.2 Å². The maximum atomic E-state index is 5.87. The van der Waals surface area contributed by atoms with Crippen LogP contribution in [0.15, 0.2) is 4.42 Å². The molecule has 2 aliphatic rings. The van der Waals surface area contributed by atoms with Crippen molar-refractivity contribution in [1.82, 2.24) is 15.5 Å². The van der Waals surface area contributed by atoms with Gasteiger partial charge in [-0.2, -0.15) is 0 Å². The van der Waals surface area contributed by atoms with Crippen LogP contribution >= 0.6 is 0 Å². The van der Waals surface area contributed by atoms with Gasteiger partial charge in [0.25, 0.3) is 0 Å². The van der Waals surface area contributed by atoms with E-state index >= 15 is 0 Å². The molecule has 2 aliphatic carbocycles. The fraction of sp³-hybridized carbons (Fsp3) is 0.867. The van der Waals surface area contributed by atoms with Crippen molar-refractivity contribution < 1.29 is 4.42 Å². The van der Waals surface area contributed by atoms with Crippen LogP contribution in [0.1, 0.15) is 63.8 Å². The Morgan fingerprint density at radius 2 is 2.16 bits per heavy atom. The first-order valence-corrected chi connectivity index (χ1v) is 7.85. The quantitative estimate of drug-likeness (QED) is 0.856. The molecule has 1 aromatic heterocycles. The Morgan fingerprint density at radius 1 is 1.26 bits per heavy atom. The third kappa shape index (κ3) is 2.69. The van der Waals surface area contributed by atoms with Gasteiger partial charge in [-0.1, -0.05) is 20.3 Å². The minimum absolute atomic E-state index is 0.214. The molecule has 19 heavy (non-hydrogen) atoms. The highest BCUT2D eigenvalue weighted by Gasteiger charge is 2.40. The topological polar surface area (TPSA) is 51.0 Å². The fourth-order valence-electron chi connectivity index (χ4n) is 3.99. The summed E-state index contributed by atoms with van der Waals surface area (Å²) in [6, 6.07) is 0.214. The third-order valence-corrected chi connectivity index (χ3v) is 4.96. The predicted octanol–water partition coefficient (Wildman–Crippen LogP) is 3.11. The zero-order valence-electron chi connectivity index (χ0n) is 12.1. The van der Waals surface area contributed by atoms with Gasteiger partial charge < -0.3 is 9.73 Å². The first-order chi connectivity index (χ1) is 9.30. The van der Waals surface area contributed by atoms with Crippen LogP contribution < -0.4 is 5.32 Å². The predicted molar refractivity (Wildman–Crippen MR) is 73.6 cm³/mol. The number of hydrogen-bond acceptors (Lipinski definition) is 4. The molecule has 1 N–H and O–H groups in total. The summed E-state index contributed by atoms with van der Waals surface area (Å²) in [5.41, 5.74) is 0. The molecular formula is C15H25N3O. The molecule has 3 rings (SSSR count). The van der Waals surface area contributed by atoms with E-state index in [0.29, 0.717) is 0 Å². The van der Waals surface area contributed by atoms with Crippen molar-refractivity contribution in [1.29, 1.82) is 0 Å². The average Bonchev–Trinajstić information content (AvgIpc) is 3.12. The maximum Gasteiger partial charge on any atom is 0.233 e. The van der Waals surface area contributed by atoms with Gasteiger partial charge in [-0.3, -0.25) is 0 Å². The van der Waals surface area contributed by atoms with Crippen molar-refractivity contribution in [3.8, 4) is 0 Å². The summed E-state index contributed by atoms with van der Waals surface area (Å²) in [5.74, 6) is 4.33. The van der Waals surface area contributed by atoms with Gasteiger partial charge in [-0.25, -0.2) is 0 Å². The molecular weight excluding hydrogens is 238 g/mol. The highest BCUT2D eigenvalue weighted by Crippen LogP contribution is 2.49. The second-order valence-electron chi connectivity index (χ2n) is 6.19. The average molecular weight is 263 g/mol. The summed E-state index contributed by atoms with van der Waals surface area (Å²) < 4.78 is 5.87. The Hall–Kier alpha value is -0.900. The number of nitrogens with one attached hydrogen (secondary N) is 1. The lowest BCUT2D eigenvalue weighted by Crippen LogP contribution is -2.20. The van der Waals surface area contributed by atoms with Crippen LogP contribution in [0.4, 0.5) is 0 Å². The van der Waals surface area contributed by atoms with Crippen LogP contribution in [-0.2, 0) is 6.42 Å². The Morgan fingerprint density at radius 3 is 2.79 bits per heavy atom. The molecule has 4 unspecified atom stereocenters. The first kappa shape index (κ1) is 13.1. The largest absolute Gasteiger partial charge is 0.424 e. The fourth-order valence-corrected chi connectivity index (χ4v) is 3.99. The Balaban J connectivity index is 1.61. The number of hydrogen-bond donors (Lipinski definition) is 1. The highest BCUT2D eigenvalue weighted by molar-refractivity contribution is 4.96. The molecule has 0 radical (unpaired) electrons. The van der Waals surface area contributed by atoms with Crippen molar-refractivity contribution in [3.05, 3.63) is 11.8 Å². The summed E-state index contributed by atoms with van der Waals surface area (Å²) in [7, 11) is 0. The van der Waals surface area contributed by atoms with Crippen LogP contribution in [0.25, 0.3) is 0 Å². The zero-order chi connectivity index (χ0) is 13.2. The van der Waals surface area contributed by atoms with E-state index in [0.717, 1.165) is 48.9 Å². The number of nitrogens with zero attached hydrogens (tertiary/aromatic N) is 2. The lowest BCUT2D eigenvalue weighted by Gasteiger charge is -2.19. The van der Waals surface area contributed by atoms with Gasteiger partial charge >= 0.3 is 0 Å². The molecule has 0 aliphatic heterocycles. The number of aromatic nitrogens is 2. The smallest absolute Gasteiger partial charge is 0.233 e. The van der Waals surface area contributed by atoms with Gasteiger partial charge in [0.15, 0.2) is 0 Å². The van der Waals surface area contributed by atoms with Crippen molar-refractivity contribution in [2.45, 2.75) is 58.4 Å². The molecule has 0 aromatic carbocycles. The number of fused-ring (bicyclic) bond motifs is 2. The van der Waals surface area contributed by atoms with Crippen LogP contribution in [0.3, 0.4) is 0 Å². The highest BCUT2D eigenvalue weighted by atomic mass is 16.4. The maximum absolute atomic E-state index is 5.87. The van der Waals surface area contributed by atoms with Crippen LogP contribution in [0.5, 0.6) is 0 Å². The first-order valence-electron chi connectivity index (χ1n) is 7.85. The normalized spacial score (nSPS) is 30.9. The van der Waals surface area contributed by atoms with Crippen molar-refractivity contribution in [2.24, 2.45) is 17.8 Å². The van der Waals surface area contributed by atoms with E-state index in [1.807, 2.05) is 0 Å². The van der Waals surface area contributed by atoms with E-state index in [-0.39, 0.29) is 6.04 Å². The Labute approximate surface area is 115 Å². The van der Waals surface area contributed by atoms with Gasteiger partial charge in [0.2, 0.25) is 11.8 Å². The summed E-state index contributed by atoms with van der Waals surface area (Å²) >= 11 is 0. The molecule has 1 aromatic rings. The minimum atomic E-state index is 0.214. The molecule has 4 heteroatoms. The standard InChI is InChI=1S/C15H25N3O/c1-3-13(16-4-2)15-18-17-14(19-15)9-12-8-10-5-6-11(12)7-10/h10-13,16H,3-9H2,1-2H3. The van der Waals surface area contributed by atoms with Crippen LogP contribution in [0, 0.1) is 17.8 Å². The Kier molecular flexibility index (Phi) is 3.87. The third-order valence-electron chi connectivity index (χ3n) is 4.96. The molecule has 2 saturated carbocycles. The monoisotopic (exact) mass is 263 g/mol. The molecule has 2 fully saturated rings. The van der Waals surface area contributed by atoms with E-state index < -0.39 is 0 Å². The molecule has 0 saturated heterocycles. The van der Waals surface area contributed by atoms with E-state index in [1.165, 1.54) is 25.7 Å². The van der Waals surface area contributed by atoms with E-state index in [9.17, 15) is 0 Å². The zero-order valence-corrected chi connectivity index (χ0v) is 12.1. The molecule has 4 atom stereocenters. The lowest BCUT2D eigenvalue weighted by molar-refractivity contribution is 0.297. The molecule has 0 amide bonds. The molecule has 0 spiro atoms. The molecule has 1 heterocycles. The van der Waals surface area contributed by atoms with Crippen LogP contribution in [-0.4, -0.2) is 16.7 Å². The summed E-state index contributed by atoms with van der Waals surface area (Å²) in [4.78, 5) is 0. The second-order valence-corrected chi connectivity index (χ2v) is 6.19. The molecule has 2 bridgehead atoms. The van der Waals surface area contributed by atoms with E-state index in [2.05, 4.69) is 29.4 Å². The van der Waals surface area contributed by atoms with Crippen molar-refractivity contribution in [2.75, 3.05) is 6.54 Å². The second kappa shape index (κ2) is 5.61. The summed E-state index contributed by atoms with van der Waals surface area (Å²) in [5, 5.41) is 11.9. The Bertz CT molecular complexity index is 417. The molecule has 4 nitrogen and oxygen atoms in total.